The number of esters is 1. The fourth-order valence-corrected chi connectivity index (χ4v) is 6.26. The summed E-state index contributed by atoms with van der Waals surface area (Å²) in [5.41, 5.74) is 15.8. The smallest absolute Gasteiger partial charge is 0.330 e. The van der Waals surface area contributed by atoms with Crippen molar-refractivity contribution in [3.05, 3.63) is 199 Å². The summed E-state index contributed by atoms with van der Waals surface area (Å²) in [4.78, 5) is 26.0. The van der Waals surface area contributed by atoms with Gasteiger partial charge in [-0.2, -0.15) is 4.89 Å². The number of nitrogens with zero attached hydrogens (tertiary/aromatic N) is 2. The van der Waals surface area contributed by atoms with Crippen LogP contribution in [0.25, 0.3) is 11.1 Å². The number of anilines is 6. The van der Waals surface area contributed by atoms with Crippen LogP contribution in [0.15, 0.2) is 177 Å². The van der Waals surface area contributed by atoms with Gasteiger partial charge in [0, 0.05) is 46.6 Å². The van der Waals surface area contributed by atoms with E-state index in [2.05, 4.69) is 188 Å². The molecule has 0 aliphatic heterocycles. The molecule has 0 bridgehead atoms. The van der Waals surface area contributed by atoms with Crippen molar-refractivity contribution < 1.29 is 19.3 Å². The molecule has 54 heavy (non-hydrogen) atoms. The molecule has 0 atom stereocenters. The van der Waals surface area contributed by atoms with Gasteiger partial charge in [0.2, 0.25) is 0 Å². The topological polar surface area (TPSA) is 51.2 Å². The summed E-state index contributed by atoms with van der Waals surface area (Å²) in [6.07, 6.45) is 3.83. The molecule has 0 amide bonds. The Morgan fingerprint density at radius 3 is 1.43 bits per heavy atom. The van der Waals surface area contributed by atoms with Crippen LogP contribution < -0.4 is 9.80 Å². The van der Waals surface area contributed by atoms with Crippen LogP contribution in [0.4, 0.5) is 34.1 Å². The molecule has 6 aromatic carbocycles. The Bertz CT molecular complexity index is 2200. The first kappa shape index (κ1) is 37.2. The Labute approximate surface area is 318 Å². The molecule has 0 fully saturated rings. The van der Waals surface area contributed by atoms with Crippen molar-refractivity contribution in [1.82, 2.24) is 0 Å². The third-order valence-corrected chi connectivity index (χ3v) is 8.97. The Kier molecular flexibility index (Phi) is 12.6. The van der Waals surface area contributed by atoms with E-state index in [4.69, 9.17) is 14.5 Å². The second kappa shape index (κ2) is 18.3. The Balaban J connectivity index is 1.23. The summed E-state index contributed by atoms with van der Waals surface area (Å²) in [7, 11) is 0. The lowest BCUT2D eigenvalue weighted by atomic mass is 10.0. The molecule has 0 unspecified atom stereocenters. The van der Waals surface area contributed by atoms with E-state index in [1.165, 1.54) is 23.5 Å². The standard InChI is InChI=1S/C48H44N2O4/c1-5-31-53-54-33-30-39-15-23-43(24-16-39)50(47-12-8-10-37(4)35-47)45-27-19-41(20-28-45)40-17-25-44(26-18-40)49(46-11-7-9-36(3)34-46)42-21-13-38(14-22-42)29-32-52-48(51)6-2/h6-28,31,34-35H,1-2,29-30,32-33H2,3-4H3. The SMILES string of the molecule is C=C=COOCCc1ccc(N(c2ccc(-c3ccc(N(c4ccc(CCOC(=O)C=C)cc4)c4cccc(C)c4)cc3)cc2)c2cccc(C)c2)cc1. The predicted octanol–water partition coefficient (Wildman–Crippen LogP) is 12.0. The number of ether oxygens (including phenoxy) is 1. The zero-order chi connectivity index (χ0) is 37.7. The molecule has 0 saturated heterocycles. The van der Waals surface area contributed by atoms with E-state index in [0.29, 0.717) is 19.6 Å². The Morgan fingerprint density at radius 2 is 1.02 bits per heavy atom. The number of hydrogen-bond donors (Lipinski definition) is 0. The van der Waals surface area contributed by atoms with E-state index >= 15 is 0 Å². The second-order valence-electron chi connectivity index (χ2n) is 12.9. The summed E-state index contributed by atoms with van der Waals surface area (Å²) in [6, 6.07) is 51.4. The third-order valence-electron chi connectivity index (χ3n) is 8.97. The summed E-state index contributed by atoms with van der Waals surface area (Å²) in [6.45, 7) is 11.9. The van der Waals surface area contributed by atoms with Gasteiger partial charge in [0.05, 0.1) is 13.2 Å². The molecule has 6 heteroatoms. The maximum atomic E-state index is 11.5. The van der Waals surface area contributed by atoms with Crippen molar-refractivity contribution in [3.8, 4) is 11.1 Å². The van der Waals surface area contributed by atoms with Gasteiger partial charge in [0.15, 0.2) is 6.26 Å². The molecule has 6 aromatic rings. The molecule has 0 saturated carbocycles. The van der Waals surface area contributed by atoms with Gasteiger partial charge >= 0.3 is 5.97 Å². The lowest BCUT2D eigenvalue weighted by molar-refractivity contribution is -0.247. The zero-order valence-electron chi connectivity index (χ0n) is 30.8. The number of carbonyl (C=O) groups is 1. The van der Waals surface area contributed by atoms with E-state index in [1.54, 1.807) is 0 Å². The van der Waals surface area contributed by atoms with Gasteiger partial charge in [-0.1, -0.05) is 91.7 Å². The van der Waals surface area contributed by atoms with Crippen LogP contribution in [0.1, 0.15) is 22.3 Å². The number of rotatable bonds is 16. The van der Waals surface area contributed by atoms with Crippen molar-refractivity contribution >= 4 is 40.1 Å². The van der Waals surface area contributed by atoms with Gasteiger partial charge in [-0.05, 0) is 126 Å². The highest BCUT2D eigenvalue weighted by Crippen LogP contribution is 2.38. The minimum atomic E-state index is -0.407. The second-order valence-corrected chi connectivity index (χ2v) is 12.9. The number of hydrogen-bond acceptors (Lipinski definition) is 6. The van der Waals surface area contributed by atoms with Crippen LogP contribution in [-0.4, -0.2) is 19.2 Å². The van der Waals surface area contributed by atoms with Crippen LogP contribution in [0.3, 0.4) is 0 Å². The van der Waals surface area contributed by atoms with E-state index < -0.39 is 5.97 Å². The van der Waals surface area contributed by atoms with E-state index in [0.717, 1.165) is 62.8 Å². The number of aryl methyl sites for hydroxylation is 2. The average molecular weight is 713 g/mol. The fourth-order valence-electron chi connectivity index (χ4n) is 6.26. The van der Waals surface area contributed by atoms with Crippen molar-refractivity contribution in [2.24, 2.45) is 0 Å². The molecule has 270 valence electrons. The zero-order valence-corrected chi connectivity index (χ0v) is 30.8. The molecular formula is C48H44N2O4. The molecule has 0 N–H and O–H groups in total. The third kappa shape index (κ3) is 9.64. The molecule has 0 aliphatic carbocycles. The van der Waals surface area contributed by atoms with Crippen molar-refractivity contribution in [1.29, 1.82) is 0 Å². The van der Waals surface area contributed by atoms with Crippen molar-refractivity contribution in [2.75, 3.05) is 23.0 Å². The predicted molar refractivity (Wildman–Crippen MR) is 220 cm³/mol. The van der Waals surface area contributed by atoms with Crippen molar-refractivity contribution in [2.45, 2.75) is 26.7 Å². The van der Waals surface area contributed by atoms with Gasteiger partial charge in [-0.3, -0.25) is 0 Å². The number of carbonyl (C=O) groups excluding carboxylic acids is 1. The van der Waals surface area contributed by atoms with Crippen LogP contribution >= 0.6 is 0 Å². The summed E-state index contributed by atoms with van der Waals surface area (Å²) in [5.74, 6) is -0.407. The van der Waals surface area contributed by atoms with Crippen molar-refractivity contribution in [3.63, 3.8) is 0 Å². The van der Waals surface area contributed by atoms with E-state index in [-0.39, 0.29) is 0 Å². The molecule has 6 nitrogen and oxygen atoms in total. The summed E-state index contributed by atoms with van der Waals surface area (Å²) >= 11 is 0. The van der Waals surface area contributed by atoms with Crippen LogP contribution in [0, 0.1) is 13.8 Å². The van der Waals surface area contributed by atoms with Crippen LogP contribution in [0.2, 0.25) is 0 Å². The monoisotopic (exact) mass is 712 g/mol. The molecular weight excluding hydrogens is 669 g/mol. The molecule has 0 aromatic heterocycles. The lowest BCUT2D eigenvalue weighted by Gasteiger charge is -2.27. The average Bonchev–Trinajstić information content (AvgIpc) is 3.20. The number of benzene rings is 6. The fraction of sp³-hybridized carbons (Fsp3) is 0.125. The normalized spacial score (nSPS) is 10.6. The van der Waals surface area contributed by atoms with Gasteiger partial charge in [-0.15, -0.1) is 0 Å². The van der Waals surface area contributed by atoms with Crippen LogP contribution in [0.5, 0.6) is 0 Å². The Morgan fingerprint density at radius 1 is 0.593 bits per heavy atom. The highest BCUT2D eigenvalue weighted by atomic mass is 17.2. The van der Waals surface area contributed by atoms with Crippen LogP contribution in [-0.2, 0) is 32.1 Å². The van der Waals surface area contributed by atoms with E-state index in [9.17, 15) is 4.79 Å². The highest BCUT2D eigenvalue weighted by molar-refractivity contribution is 5.82. The maximum absolute atomic E-state index is 11.5. The first-order valence-corrected chi connectivity index (χ1v) is 18.0. The molecule has 6 rings (SSSR count). The lowest BCUT2D eigenvalue weighted by Crippen LogP contribution is -2.10. The van der Waals surface area contributed by atoms with Gasteiger partial charge in [-0.25, -0.2) is 4.79 Å². The largest absolute Gasteiger partial charge is 0.462 e. The highest BCUT2D eigenvalue weighted by Gasteiger charge is 2.15. The molecule has 0 aliphatic rings. The molecule has 0 heterocycles. The minimum absolute atomic E-state index is 0.313. The maximum Gasteiger partial charge on any atom is 0.330 e. The molecule has 0 spiro atoms. The Hall–Kier alpha value is -6.59. The van der Waals surface area contributed by atoms with Gasteiger partial charge < -0.3 is 19.4 Å². The summed E-state index contributed by atoms with van der Waals surface area (Å²) < 4.78 is 5.18. The first-order valence-electron chi connectivity index (χ1n) is 18.0. The summed E-state index contributed by atoms with van der Waals surface area (Å²) in [5, 5.41) is 0. The first-order chi connectivity index (χ1) is 26.4. The molecule has 0 radical (unpaired) electrons. The van der Waals surface area contributed by atoms with Gasteiger partial charge in [0.1, 0.15) is 0 Å². The minimum Gasteiger partial charge on any atom is -0.462 e. The quantitative estimate of drug-likeness (QED) is 0.0189. The van der Waals surface area contributed by atoms with Gasteiger partial charge in [0.25, 0.3) is 0 Å². The van der Waals surface area contributed by atoms with E-state index in [1.807, 2.05) is 0 Å².